The third-order valence-electron chi connectivity index (χ3n) is 3.86. The highest BCUT2D eigenvalue weighted by atomic mass is 14.9. The fraction of sp³-hybridized carbons (Fsp3) is 0.353. The van der Waals surface area contributed by atoms with E-state index in [-0.39, 0.29) is 0 Å². The molecule has 2 aromatic rings. The van der Waals surface area contributed by atoms with E-state index < -0.39 is 0 Å². The molecule has 1 atom stereocenters. The molecule has 1 aromatic heterocycles. The van der Waals surface area contributed by atoms with Crippen molar-refractivity contribution >= 4 is 0 Å². The first-order valence-corrected chi connectivity index (χ1v) is 7.05. The molecule has 1 aliphatic rings. The minimum atomic E-state index is 0.334. The van der Waals surface area contributed by atoms with Gasteiger partial charge in [0.05, 0.1) is 0 Å². The summed E-state index contributed by atoms with van der Waals surface area (Å²) in [4.78, 5) is 4.18. The molecule has 1 aliphatic carbocycles. The van der Waals surface area contributed by atoms with Crippen molar-refractivity contribution in [1.82, 2.24) is 10.3 Å². The molecule has 1 fully saturated rings. The van der Waals surface area contributed by atoms with Crippen LogP contribution < -0.4 is 5.32 Å². The molecule has 2 nitrogen and oxygen atoms in total. The van der Waals surface area contributed by atoms with Gasteiger partial charge in [-0.15, -0.1) is 0 Å². The lowest BCUT2D eigenvalue weighted by molar-refractivity contribution is 0.571. The predicted octanol–water partition coefficient (Wildman–Crippen LogP) is 3.81. The van der Waals surface area contributed by atoms with Gasteiger partial charge in [0, 0.05) is 25.0 Å². The standard InChI is InChI=1S/C17H20N2/c1-13(15-6-4-10-18-11-15)19-12-16-5-2-3-7-17(16)14-8-9-14/h2-7,10-11,13-14,19H,8-9,12H2,1H3/t13-/m0/s1. The monoisotopic (exact) mass is 252 g/mol. The molecule has 2 heteroatoms. The molecule has 1 N–H and O–H groups in total. The number of benzene rings is 1. The van der Waals surface area contributed by atoms with Gasteiger partial charge in [0.2, 0.25) is 0 Å². The molecule has 1 heterocycles. The summed E-state index contributed by atoms with van der Waals surface area (Å²) >= 11 is 0. The maximum absolute atomic E-state index is 4.18. The van der Waals surface area contributed by atoms with E-state index in [1.807, 2.05) is 18.5 Å². The van der Waals surface area contributed by atoms with Crippen LogP contribution in [0, 0.1) is 0 Å². The van der Waals surface area contributed by atoms with Crippen LogP contribution in [0.25, 0.3) is 0 Å². The van der Waals surface area contributed by atoms with Crippen molar-refractivity contribution in [3.8, 4) is 0 Å². The fourth-order valence-electron chi connectivity index (χ4n) is 2.50. The van der Waals surface area contributed by atoms with Crippen LogP contribution in [0.15, 0.2) is 48.8 Å². The van der Waals surface area contributed by atoms with E-state index >= 15 is 0 Å². The second-order valence-electron chi connectivity index (χ2n) is 5.36. The molecule has 0 saturated heterocycles. The van der Waals surface area contributed by atoms with Gasteiger partial charge >= 0.3 is 0 Å². The lowest BCUT2D eigenvalue weighted by atomic mass is 10.0. The van der Waals surface area contributed by atoms with E-state index in [4.69, 9.17) is 0 Å². The normalized spacial score (nSPS) is 16.3. The summed E-state index contributed by atoms with van der Waals surface area (Å²) in [5.74, 6) is 0.812. The zero-order chi connectivity index (χ0) is 13.1. The molecule has 3 rings (SSSR count). The van der Waals surface area contributed by atoms with E-state index in [0.717, 1.165) is 12.5 Å². The van der Waals surface area contributed by atoms with Gasteiger partial charge in [-0.2, -0.15) is 0 Å². The van der Waals surface area contributed by atoms with Gasteiger partial charge in [-0.3, -0.25) is 4.98 Å². The van der Waals surface area contributed by atoms with Crippen LogP contribution in [0.2, 0.25) is 0 Å². The largest absolute Gasteiger partial charge is 0.306 e. The van der Waals surface area contributed by atoms with Crippen molar-refractivity contribution < 1.29 is 0 Å². The van der Waals surface area contributed by atoms with Crippen molar-refractivity contribution in [3.05, 3.63) is 65.5 Å². The van der Waals surface area contributed by atoms with Crippen LogP contribution in [-0.4, -0.2) is 4.98 Å². The molecule has 0 amide bonds. The molecular weight excluding hydrogens is 232 g/mol. The Bertz CT molecular complexity index is 532. The number of rotatable bonds is 5. The minimum absolute atomic E-state index is 0.334. The molecule has 98 valence electrons. The average molecular weight is 252 g/mol. The highest BCUT2D eigenvalue weighted by Crippen LogP contribution is 2.41. The molecule has 19 heavy (non-hydrogen) atoms. The second-order valence-corrected chi connectivity index (χ2v) is 5.36. The van der Waals surface area contributed by atoms with Gasteiger partial charge in [0.25, 0.3) is 0 Å². The maximum atomic E-state index is 4.18. The second kappa shape index (κ2) is 5.54. The number of nitrogens with one attached hydrogen (secondary N) is 1. The van der Waals surface area contributed by atoms with Gasteiger partial charge in [-0.25, -0.2) is 0 Å². The Labute approximate surface area is 114 Å². The Morgan fingerprint density at radius 3 is 2.79 bits per heavy atom. The topological polar surface area (TPSA) is 24.9 Å². The molecule has 0 unspecified atom stereocenters. The van der Waals surface area contributed by atoms with Crippen molar-refractivity contribution in [2.24, 2.45) is 0 Å². The zero-order valence-corrected chi connectivity index (χ0v) is 11.3. The van der Waals surface area contributed by atoms with E-state index in [2.05, 4.69) is 47.6 Å². The van der Waals surface area contributed by atoms with Gasteiger partial charge in [0.15, 0.2) is 0 Å². The molecule has 0 radical (unpaired) electrons. The Kier molecular flexibility index (Phi) is 3.60. The third kappa shape index (κ3) is 3.02. The van der Waals surface area contributed by atoms with Crippen LogP contribution in [-0.2, 0) is 6.54 Å². The molecule has 1 aromatic carbocycles. The smallest absolute Gasteiger partial charge is 0.0315 e. The van der Waals surface area contributed by atoms with Crippen molar-refractivity contribution in [2.45, 2.75) is 38.3 Å². The predicted molar refractivity (Wildman–Crippen MR) is 77.9 cm³/mol. The van der Waals surface area contributed by atoms with Gasteiger partial charge in [-0.05, 0) is 48.4 Å². The summed E-state index contributed by atoms with van der Waals surface area (Å²) in [6, 6.07) is 13.3. The summed E-state index contributed by atoms with van der Waals surface area (Å²) in [6.07, 6.45) is 6.47. The Balaban J connectivity index is 1.66. The van der Waals surface area contributed by atoms with Gasteiger partial charge in [0.1, 0.15) is 0 Å². The van der Waals surface area contributed by atoms with E-state index in [1.54, 1.807) is 0 Å². The molecule has 0 aliphatic heterocycles. The van der Waals surface area contributed by atoms with E-state index in [0.29, 0.717) is 6.04 Å². The minimum Gasteiger partial charge on any atom is -0.306 e. The van der Waals surface area contributed by atoms with E-state index in [9.17, 15) is 0 Å². The Morgan fingerprint density at radius 2 is 2.05 bits per heavy atom. The SMILES string of the molecule is C[C@H](NCc1ccccc1C1CC1)c1cccnc1. The van der Waals surface area contributed by atoms with Crippen molar-refractivity contribution in [2.75, 3.05) is 0 Å². The number of aromatic nitrogens is 1. The quantitative estimate of drug-likeness (QED) is 0.875. The summed E-state index contributed by atoms with van der Waals surface area (Å²) in [5.41, 5.74) is 4.22. The third-order valence-corrected chi connectivity index (χ3v) is 3.86. The Morgan fingerprint density at radius 1 is 1.21 bits per heavy atom. The lowest BCUT2D eigenvalue weighted by Crippen LogP contribution is -2.19. The van der Waals surface area contributed by atoms with Crippen LogP contribution in [0.5, 0.6) is 0 Å². The summed E-state index contributed by atoms with van der Waals surface area (Å²) in [6.45, 7) is 3.12. The lowest BCUT2D eigenvalue weighted by Gasteiger charge is -2.15. The molecule has 0 spiro atoms. The average Bonchev–Trinajstić information content (AvgIpc) is 3.30. The molecular formula is C17H20N2. The van der Waals surface area contributed by atoms with Gasteiger partial charge < -0.3 is 5.32 Å². The first kappa shape index (κ1) is 12.4. The molecule has 1 saturated carbocycles. The van der Waals surface area contributed by atoms with Crippen LogP contribution in [0.4, 0.5) is 0 Å². The summed E-state index contributed by atoms with van der Waals surface area (Å²) in [7, 11) is 0. The maximum Gasteiger partial charge on any atom is 0.0315 e. The first-order valence-electron chi connectivity index (χ1n) is 7.05. The highest BCUT2D eigenvalue weighted by molar-refractivity contribution is 5.33. The van der Waals surface area contributed by atoms with E-state index in [1.165, 1.54) is 29.5 Å². The van der Waals surface area contributed by atoms with Crippen molar-refractivity contribution in [1.29, 1.82) is 0 Å². The number of pyridine rings is 1. The summed E-state index contributed by atoms with van der Waals surface area (Å²) < 4.78 is 0. The van der Waals surface area contributed by atoms with Gasteiger partial charge in [-0.1, -0.05) is 30.3 Å². The van der Waals surface area contributed by atoms with Crippen LogP contribution in [0.1, 0.15) is 48.4 Å². The highest BCUT2D eigenvalue weighted by Gasteiger charge is 2.25. The zero-order valence-electron chi connectivity index (χ0n) is 11.3. The number of hydrogen-bond acceptors (Lipinski definition) is 2. The number of hydrogen-bond donors (Lipinski definition) is 1. The molecule has 0 bridgehead atoms. The fourth-order valence-corrected chi connectivity index (χ4v) is 2.50. The van der Waals surface area contributed by atoms with Crippen molar-refractivity contribution in [3.63, 3.8) is 0 Å². The first-order chi connectivity index (χ1) is 9.34. The van der Waals surface area contributed by atoms with Crippen LogP contribution >= 0.6 is 0 Å². The van der Waals surface area contributed by atoms with Crippen LogP contribution in [0.3, 0.4) is 0 Å². The summed E-state index contributed by atoms with van der Waals surface area (Å²) in [5, 5.41) is 3.60. The number of nitrogens with zero attached hydrogens (tertiary/aromatic N) is 1. The Hall–Kier alpha value is -1.67.